The minimum absolute atomic E-state index is 0.00484. The van der Waals surface area contributed by atoms with Crippen molar-refractivity contribution in [3.05, 3.63) is 71.9 Å². The summed E-state index contributed by atoms with van der Waals surface area (Å²) in [5, 5.41) is 21.5. The molecule has 0 radical (unpaired) electrons. The Kier molecular flexibility index (Phi) is 23.3. The van der Waals surface area contributed by atoms with Crippen molar-refractivity contribution in [3.8, 4) is 0 Å². The van der Waals surface area contributed by atoms with E-state index in [0.29, 0.717) is 11.1 Å². The monoisotopic (exact) mass is 1040 g/mol. The average molecular weight is 1040 g/mol. The zero-order valence-electron chi connectivity index (χ0n) is 41.7. The molecule has 1 fully saturated rings. The third-order valence-electron chi connectivity index (χ3n) is 11.8. The van der Waals surface area contributed by atoms with Gasteiger partial charge in [-0.15, -0.1) is 0 Å². The van der Waals surface area contributed by atoms with Crippen molar-refractivity contribution >= 4 is 81.9 Å². The number of amides is 10. The molecule has 406 valence electrons. The Morgan fingerprint density at radius 3 is 1.92 bits per heavy atom. The Bertz CT molecular complexity index is 2560. The number of hydrogen-bond donors (Lipinski definition) is 15. The molecule has 27 nitrogen and oxygen atoms in total. The van der Waals surface area contributed by atoms with Crippen molar-refractivity contribution < 1.29 is 47.9 Å². The Balaban J connectivity index is 1.77. The summed E-state index contributed by atoms with van der Waals surface area (Å²) in [5.74, 6) is -9.17. The predicted octanol–water partition coefficient (Wildman–Crippen LogP) is -4.48. The number of carbonyl (C=O) groups excluding carboxylic acids is 10. The van der Waals surface area contributed by atoms with Gasteiger partial charge in [0.25, 0.3) is 0 Å². The first-order valence-corrected chi connectivity index (χ1v) is 24.3. The largest absolute Gasteiger partial charge is 0.370 e. The van der Waals surface area contributed by atoms with Crippen molar-refractivity contribution in [2.75, 3.05) is 19.6 Å². The number of hydrogen-bond acceptors (Lipinski definition) is 12. The molecular weight excluding hydrogens is 975 g/mol. The number of benzene rings is 2. The van der Waals surface area contributed by atoms with Crippen LogP contribution in [0.25, 0.3) is 10.9 Å². The molecule has 7 atom stereocenters. The van der Waals surface area contributed by atoms with E-state index in [1.807, 2.05) is 18.2 Å². The second kappa shape index (κ2) is 29.7. The number of nitrogens with two attached hydrogens (primary N) is 6. The topological polar surface area (TPSA) is 464 Å². The predicted molar refractivity (Wildman–Crippen MR) is 276 cm³/mol. The molecule has 0 bridgehead atoms. The second-order valence-corrected chi connectivity index (χ2v) is 17.9. The van der Waals surface area contributed by atoms with E-state index in [1.54, 1.807) is 42.6 Å². The molecule has 0 saturated carbocycles. The summed E-state index contributed by atoms with van der Waals surface area (Å²) < 4.78 is 0. The lowest BCUT2D eigenvalue weighted by atomic mass is 10.0. The second-order valence-electron chi connectivity index (χ2n) is 17.9. The van der Waals surface area contributed by atoms with Crippen molar-refractivity contribution in [3.63, 3.8) is 0 Å². The summed E-state index contributed by atoms with van der Waals surface area (Å²) >= 11 is 0. The SMILES string of the molecule is CC(=O)N[C@@H](CCCN=C(N)N)C(=O)N[C@H]1CCC(=O)NCCC[C@@H](C(N)=O)NC(=O)[C@H](Cc2c[nH]c3ccccc23)NC(=O)[C@H](CCCN=C(N)N)NC(=O)[C@@H](Cc2ccccc2)NC(=O)[C@H](CC(N)=O)NC1=O. The number of nitrogens with one attached hydrogen (secondary N) is 9. The fourth-order valence-electron chi connectivity index (χ4n) is 8.08. The lowest BCUT2D eigenvalue weighted by Crippen LogP contribution is -2.60. The zero-order valence-corrected chi connectivity index (χ0v) is 41.7. The minimum Gasteiger partial charge on any atom is -0.370 e. The summed E-state index contributed by atoms with van der Waals surface area (Å²) in [6, 6.07) is 5.46. The average Bonchev–Trinajstić information content (AvgIpc) is 3.76. The maximum atomic E-state index is 14.6. The number of fused-ring (bicyclic) bond motifs is 1. The van der Waals surface area contributed by atoms with Crippen LogP contribution in [0.2, 0.25) is 0 Å². The van der Waals surface area contributed by atoms with Crippen LogP contribution in [0.4, 0.5) is 0 Å². The smallest absolute Gasteiger partial charge is 0.243 e. The van der Waals surface area contributed by atoms with Crippen molar-refractivity contribution in [2.24, 2.45) is 44.4 Å². The van der Waals surface area contributed by atoms with Crippen LogP contribution in [0.3, 0.4) is 0 Å². The van der Waals surface area contributed by atoms with Crippen LogP contribution in [0.1, 0.15) is 75.8 Å². The Hall–Kier alpha value is -8.78. The van der Waals surface area contributed by atoms with Crippen LogP contribution in [0.5, 0.6) is 0 Å². The summed E-state index contributed by atoms with van der Waals surface area (Å²) in [5.41, 5.74) is 35.2. The van der Waals surface area contributed by atoms with Gasteiger partial charge in [0.2, 0.25) is 59.1 Å². The lowest BCUT2D eigenvalue weighted by molar-refractivity contribution is -0.136. The van der Waals surface area contributed by atoms with Gasteiger partial charge in [-0.25, -0.2) is 0 Å². The molecule has 1 saturated heterocycles. The van der Waals surface area contributed by atoms with Gasteiger partial charge in [0.15, 0.2) is 11.9 Å². The van der Waals surface area contributed by atoms with Gasteiger partial charge in [-0.3, -0.25) is 57.9 Å². The summed E-state index contributed by atoms with van der Waals surface area (Å²) in [6.45, 7) is 1.23. The van der Waals surface area contributed by atoms with Crippen molar-refractivity contribution in [1.29, 1.82) is 0 Å². The Morgan fingerprint density at radius 1 is 0.680 bits per heavy atom. The quantitative estimate of drug-likeness (QED) is 0.0325. The molecule has 4 rings (SSSR count). The molecular formula is C48H69N17O10. The highest BCUT2D eigenvalue weighted by molar-refractivity contribution is 5.99. The van der Waals surface area contributed by atoms with E-state index in [2.05, 4.69) is 57.5 Å². The third-order valence-corrected chi connectivity index (χ3v) is 11.8. The highest BCUT2D eigenvalue weighted by Crippen LogP contribution is 2.20. The van der Waals surface area contributed by atoms with Gasteiger partial charge >= 0.3 is 0 Å². The molecule has 10 amide bonds. The molecule has 1 aliphatic rings. The van der Waals surface area contributed by atoms with E-state index in [4.69, 9.17) is 34.4 Å². The summed E-state index contributed by atoms with van der Waals surface area (Å²) in [4.78, 5) is 147. The van der Waals surface area contributed by atoms with Gasteiger partial charge in [0, 0.05) is 62.9 Å². The Morgan fingerprint density at radius 2 is 1.27 bits per heavy atom. The molecule has 2 aromatic carbocycles. The maximum absolute atomic E-state index is 14.6. The van der Waals surface area contributed by atoms with Gasteiger partial charge in [0.1, 0.15) is 42.3 Å². The number of nitrogens with zero attached hydrogens (tertiary/aromatic N) is 2. The number of rotatable bonds is 18. The Labute approximate surface area is 432 Å². The molecule has 27 heteroatoms. The molecule has 0 aliphatic carbocycles. The fourth-order valence-corrected chi connectivity index (χ4v) is 8.08. The van der Waals surface area contributed by atoms with E-state index in [-0.39, 0.29) is 82.9 Å². The highest BCUT2D eigenvalue weighted by Gasteiger charge is 2.35. The molecule has 1 aromatic heterocycles. The number of carbonyl (C=O) groups is 10. The zero-order chi connectivity index (χ0) is 55.0. The van der Waals surface area contributed by atoms with Gasteiger partial charge in [0.05, 0.1) is 6.42 Å². The molecule has 75 heavy (non-hydrogen) atoms. The van der Waals surface area contributed by atoms with Crippen LogP contribution in [-0.2, 0) is 60.8 Å². The fraction of sp³-hybridized carbons (Fsp3) is 0.458. The first kappa shape index (κ1) is 58.8. The number of aromatic amines is 1. The minimum atomic E-state index is -1.78. The van der Waals surface area contributed by atoms with Crippen molar-refractivity contribution in [2.45, 2.75) is 120 Å². The van der Waals surface area contributed by atoms with Crippen LogP contribution < -0.4 is 76.9 Å². The van der Waals surface area contributed by atoms with E-state index < -0.39 is 121 Å². The van der Waals surface area contributed by atoms with Crippen LogP contribution in [0, 0.1) is 0 Å². The number of H-pyrrole nitrogens is 1. The molecule has 21 N–H and O–H groups in total. The van der Waals surface area contributed by atoms with Gasteiger partial charge in [-0.05, 0) is 62.1 Å². The van der Waals surface area contributed by atoms with E-state index in [9.17, 15) is 47.9 Å². The van der Waals surface area contributed by atoms with Gasteiger partial charge in [-0.2, -0.15) is 0 Å². The first-order valence-electron chi connectivity index (χ1n) is 24.3. The number of aromatic nitrogens is 1. The molecule has 0 unspecified atom stereocenters. The third kappa shape index (κ3) is 20.3. The van der Waals surface area contributed by atoms with Crippen LogP contribution >= 0.6 is 0 Å². The first-order chi connectivity index (χ1) is 35.7. The molecule has 1 aliphatic heterocycles. The van der Waals surface area contributed by atoms with E-state index in [1.165, 1.54) is 6.92 Å². The van der Waals surface area contributed by atoms with Crippen LogP contribution in [0.15, 0.2) is 70.8 Å². The number of para-hydroxylation sites is 1. The number of primary amides is 2. The lowest BCUT2D eigenvalue weighted by Gasteiger charge is -2.28. The normalized spacial score (nSPS) is 21.0. The molecule has 2 heterocycles. The van der Waals surface area contributed by atoms with Crippen LogP contribution in [-0.4, -0.2) is 138 Å². The summed E-state index contributed by atoms with van der Waals surface area (Å²) in [7, 11) is 0. The van der Waals surface area contributed by atoms with Gasteiger partial charge < -0.3 is 81.9 Å². The number of aliphatic imine (C=N–C) groups is 2. The maximum Gasteiger partial charge on any atom is 0.243 e. The standard InChI is InChI=1S/C48H69N17O10/c1-26(66)59-32(15-8-20-56-47(51)52)41(70)62-34-17-18-39(68)55-19-7-14-31(40(50)69)60-45(74)36(23-28-25-58-30-13-6-5-12-29(28)30)64-42(71)33(16-9-21-57-48(53)54)61-44(73)35(22-27-10-3-2-4-11-27)63-46(75)37(24-38(49)67)65-43(34)72/h2-6,10-13,25,31-37,58H,7-9,14-24H2,1H3,(H2,49,67)(H2,50,69)(H,55,68)(H,59,66)(H,60,74)(H,61,73)(H,62,70)(H,63,75)(H,64,71)(H,65,72)(H4,51,52,56)(H4,53,54,57)/t31-,32-,33-,34-,35+,36-,37-/m0/s1. The van der Waals surface area contributed by atoms with Gasteiger partial charge in [-0.1, -0.05) is 48.5 Å². The highest BCUT2D eigenvalue weighted by atomic mass is 16.2. The molecule has 0 spiro atoms. The van der Waals surface area contributed by atoms with E-state index in [0.717, 1.165) is 10.9 Å². The number of guanidine groups is 2. The summed E-state index contributed by atoms with van der Waals surface area (Å²) in [6.07, 6.45) is 0.0206. The van der Waals surface area contributed by atoms with E-state index >= 15 is 0 Å². The molecule has 3 aromatic rings. The van der Waals surface area contributed by atoms with Crippen molar-refractivity contribution in [1.82, 2.24) is 47.5 Å².